The molecule has 0 saturated heterocycles. The lowest BCUT2D eigenvalue weighted by molar-refractivity contribution is -0.138. The van der Waals surface area contributed by atoms with Crippen molar-refractivity contribution >= 4 is 15.8 Å². The predicted octanol–water partition coefficient (Wildman–Crippen LogP) is 6.18. The highest BCUT2D eigenvalue weighted by Gasteiger charge is 2.44. The number of ether oxygens (including phenoxy) is 2. The SMILES string of the molecule is Cc1cc(OCCCS(C)(=O)=O)cc(C)c1-c1ccc(F)c2c1CC[C@H]2Oc1ccc([C@H]2C[C@@H]2C(=O)O)cc1. The average molecular weight is 553 g/mol. The van der Waals surface area contributed by atoms with E-state index >= 15 is 4.39 Å². The highest BCUT2D eigenvalue weighted by Crippen LogP contribution is 2.48. The summed E-state index contributed by atoms with van der Waals surface area (Å²) in [6.07, 6.45) is 3.25. The molecule has 3 aromatic rings. The zero-order valence-corrected chi connectivity index (χ0v) is 23.2. The van der Waals surface area contributed by atoms with Crippen molar-refractivity contribution in [2.24, 2.45) is 5.92 Å². The van der Waals surface area contributed by atoms with Gasteiger partial charge < -0.3 is 14.6 Å². The first kappa shape index (κ1) is 27.2. The fourth-order valence-electron chi connectivity index (χ4n) is 5.76. The van der Waals surface area contributed by atoms with Gasteiger partial charge in [-0.25, -0.2) is 12.8 Å². The van der Waals surface area contributed by atoms with Crippen molar-refractivity contribution in [3.63, 3.8) is 0 Å². The van der Waals surface area contributed by atoms with Gasteiger partial charge in [0.2, 0.25) is 0 Å². The summed E-state index contributed by atoms with van der Waals surface area (Å²) in [5.41, 5.74) is 6.56. The Hall–Kier alpha value is -3.39. The van der Waals surface area contributed by atoms with Crippen LogP contribution >= 0.6 is 0 Å². The molecular weight excluding hydrogens is 519 g/mol. The summed E-state index contributed by atoms with van der Waals surface area (Å²) in [5.74, 6) is 0.120. The lowest BCUT2D eigenvalue weighted by Gasteiger charge is -2.19. The van der Waals surface area contributed by atoms with Crippen molar-refractivity contribution in [1.29, 1.82) is 0 Å². The smallest absolute Gasteiger partial charge is 0.307 e. The number of halogens is 1. The van der Waals surface area contributed by atoms with Crippen LogP contribution in [0.5, 0.6) is 11.5 Å². The van der Waals surface area contributed by atoms with E-state index in [0.29, 0.717) is 49.4 Å². The van der Waals surface area contributed by atoms with Crippen molar-refractivity contribution < 1.29 is 32.2 Å². The lowest BCUT2D eigenvalue weighted by atomic mass is 9.90. The van der Waals surface area contributed by atoms with Crippen molar-refractivity contribution in [1.82, 2.24) is 0 Å². The topological polar surface area (TPSA) is 89.9 Å². The summed E-state index contributed by atoms with van der Waals surface area (Å²) in [6.45, 7) is 4.32. The van der Waals surface area contributed by atoms with E-state index in [-0.39, 0.29) is 23.4 Å². The molecule has 3 atom stereocenters. The molecule has 39 heavy (non-hydrogen) atoms. The first-order valence-corrected chi connectivity index (χ1v) is 15.3. The summed E-state index contributed by atoms with van der Waals surface area (Å²) in [4.78, 5) is 11.2. The molecule has 6 nitrogen and oxygen atoms in total. The molecule has 1 fully saturated rings. The zero-order chi connectivity index (χ0) is 27.9. The largest absolute Gasteiger partial charge is 0.494 e. The fraction of sp³-hybridized carbons (Fsp3) is 0.387. The van der Waals surface area contributed by atoms with Gasteiger partial charge in [-0.05, 0) is 109 Å². The summed E-state index contributed by atoms with van der Waals surface area (Å²) < 4.78 is 49.9. The van der Waals surface area contributed by atoms with Gasteiger partial charge in [0.25, 0.3) is 0 Å². The molecule has 0 aromatic heterocycles. The van der Waals surface area contributed by atoms with Gasteiger partial charge >= 0.3 is 5.97 Å². The first-order valence-electron chi connectivity index (χ1n) is 13.2. The van der Waals surface area contributed by atoms with E-state index in [0.717, 1.165) is 33.4 Å². The second-order valence-electron chi connectivity index (χ2n) is 10.8. The predicted molar refractivity (Wildman–Crippen MR) is 148 cm³/mol. The Kier molecular flexibility index (Phi) is 7.42. The monoisotopic (exact) mass is 552 g/mol. The fourth-order valence-corrected chi connectivity index (χ4v) is 6.40. The Morgan fingerprint density at radius 3 is 2.36 bits per heavy atom. The Labute approximate surface area is 228 Å². The number of carboxylic acids is 1. The van der Waals surface area contributed by atoms with Crippen molar-refractivity contribution in [3.8, 4) is 22.6 Å². The van der Waals surface area contributed by atoms with E-state index < -0.39 is 21.9 Å². The second-order valence-corrected chi connectivity index (χ2v) is 13.0. The van der Waals surface area contributed by atoms with E-state index in [9.17, 15) is 18.3 Å². The number of hydrogen-bond donors (Lipinski definition) is 1. The minimum absolute atomic E-state index is 0.0551. The van der Waals surface area contributed by atoms with Gasteiger partial charge in [-0.3, -0.25) is 4.79 Å². The Morgan fingerprint density at radius 2 is 1.74 bits per heavy atom. The Balaban J connectivity index is 1.33. The molecule has 3 aromatic carbocycles. The highest BCUT2D eigenvalue weighted by atomic mass is 32.2. The molecule has 0 bridgehead atoms. The van der Waals surface area contributed by atoms with Crippen LogP contribution in [0.3, 0.4) is 0 Å². The van der Waals surface area contributed by atoms with Crippen LogP contribution in [-0.2, 0) is 21.1 Å². The van der Waals surface area contributed by atoms with Crippen LogP contribution in [0.4, 0.5) is 4.39 Å². The van der Waals surface area contributed by atoms with Crippen molar-refractivity contribution in [3.05, 3.63) is 82.2 Å². The molecule has 0 spiro atoms. The third kappa shape index (κ3) is 5.96. The number of rotatable bonds is 10. The molecule has 0 unspecified atom stereocenters. The van der Waals surface area contributed by atoms with E-state index in [2.05, 4.69) is 0 Å². The van der Waals surface area contributed by atoms with Gasteiger partial charge in [0.15, 0.2) is 0 Å². The number of aliphatic carboxylic acids is 1. The van der Waals surface area contributed by atoms with Gasteiger partial charge in [-0.15, -0.1) is 0 Å². The molecule has 0 amide bonds. The second kappa shape index (κ2) is 10.6. The number of carbonyl (C=O) groups is 1. The van der Waals surface area contributed by atoms with E-state index in [1.165, 1.54) is 12.3 Å². The molecule has 5 rings (SSSR count). The summed E-state index contributed by atoms with van der Waals surface area (Å²) in [7, 11) is -3.02. The van der Waals surface area contributed by atoms with Crippen LogP contribution in [0.2, 0.25) is 0 Å². The van der Waals surface area contributed by atoms with Crippen LogP contribution in [0.25, 0.3) is 11.1 Å². The molecule has 0 radical (unpaired) electrons. The molecule has 2 aliphatic rings. The maximum atomic E-state index is 15.2. The van der Waals surface area contributed by atoms with Crippen LogP contribution < -0.4 is 9.47 Å². The lowest BCUT2D eigenvalue weighted by Crippen LogP contribution is -2.08. The Morgan fingerprint density at radius 1 is 1.05 bits per heavy atom. The molecule has 2 aliphatic carbocycles. The minimum atomic E-state index is -3.02. The average Bonchev–Trinajstić information content (AvgIpc) is 3.57. The zero-order valence-electron chi connectivity index (χ0n) is 22.4. The number of aryl methyl sites for hydroxylation is 2. The van der Waals surface area contributed by atoms with Crippen LogP contribution in [0.15, 0.2) is 48.5 Å². The molecule has 0 aliphatic heterocycles. The number of carboxylic acid groups (broad SMARTS) is 1. The molecule has 0 heterocycles. The van der Waals surface area contributed by atoms with E-state index in [1.54, 1.807) is 0 Å². The quantitative estimate of drug-likeness (QED) is 0.302. The van der Waals surface area contributed by atoms with Gasteiger partial charge in [0.05, 0.1) is 18.3 Å². The minimum Gasteiger partial charge on any atom is -0.494 e. The van der Waals surface area contributed by atoms with Crippen LogP contribution in [0.1, 0.15) is 59.1 Å². The Bertz CT molecular complexity index is 1490. The highest BCUT2D eigenvalue weighted by molar-refractivity contribution is 7.90. The standard InChI is InChI=1S/C31H33FO6S/c1-18-15-22(37-13-4-14-39(3,35)36)16-19(2)29(18)23-9-11-27(32)30-24(23)10-12-28(30)38-21-7-5-20(6-8-21)25-17-26(25)31(33)34/h5-9,11,15-16,25-26,28H,4,10,12-14,17H2,1-3H3,(H,33,34)/t25-,26+,28-/m1/s1. The maximum absolute atomic E-state index is 15.2. The number of fused-ring (bicyclic) bond motifs is 1. The van der Waals surface area contributed by atoms with Crippen molar-refractivity contribution in [2.75, 3.05) is 18.6 Å². The third-order valence-electron chi connectivity index (χ3n) is 7.68. The molecular formula is C31H33FO6S. The molecule has 8 heteroatoms. The van der Waals surface area contributed by atoms with Gasteiger partial charge in [0.1, 0.15) is 33.3 Å². The van der Waals surface area contributed by atoms with Gasteiger partial charge in [-0.1, -0.05) is 18.2 Å². The first-order chi connectivity index (χ1) is 18.5. The van der Waals surface area contributed by atoms with Gasteiger partial charge in [0, 0.05) is 11.8 Å². The van der Waals surface area contributed by atoms with Crippen LogP contribution in [-0.4, -0.2) is 38.1 Å². The van der Waals surface area contributed by atoms with Gasteiger partial charge in [-0.2, -0.15) is 0 Å². The maximum Gasteiger partial charge on any atom is 0.307 e. The number of sulfone groups is 1. The van der Waals surface area contributed by atoms with Crippen LogP contribution in [0, 0.1) is 25.6 Å². The summed E-state index contributed by atoms with van der Waals surface area (Å²) in [6, 6.07) is 14.7. The number of hydrogen-bond acceptors (Lipinski definition) is 5. The molecule has 1 saturated carbocycles. The van der Waals surface area contributed by atoms with Crippen molar-refractivity contribution in [2.45, 2.75) is 51.6 Å². The normalized spacial score (nSPS) is 19.9. The number of benzene rings is 3. The summed E-state index contributed by atoms with van der Waals surface area (Å²) in [5, 5.41) is 9.18. The molecule has 1 N–H and O–H groups in total. The van der Waals surface area contributed by atoms with E-state index in [1.807, 2.05) is 56.3 Å². The molecule has 206 valence electrons. The van der Waals surface area contributed by atoms with E-state index in [4.69, 9.17) is 9.47 Å². The third-order valence-corrected chi connectivity index (χ3v) is 8.71. The summed E-state index contributed by atoms with van der Waals surface area (Å²) >= 11 is 0.